The molecular weight excluding hydrogens is 364 g/mol. The number of thiazole rings is 1. The zero-order chi connectivity index (χ0) is 18.7. The van der Waals surface area contributed by atoms with Crippen molar-refractivity contribution in [2.45, 2.75) is 27.3 Å². The van der Waals surface area contributed by atoms with Gasteiger partial charge in [0, 0.05) is 21.2 Å². The highest BCUT2D eigenvalue weighted by Crippen LogP contribution is 2.33. The summed E-state index contributed by atoms with van der Waals surface area (Å²) >= 11 is 3.29. The van der Waals surface area contributed by atoms with Crippen LogP contribution in [0.2, 0.25) is 0 Å². The molecule has 4 nitrogen and oxygen atoms in total. The Morgan fingerprint density at radius 1 is 1.15 bits per heavy atom. The first-order valence-corrected chi connectivity index (χ1v) is 10.0. The third kappa shape index (κ3) is 4.31. The van der Waals surface area contributed by atoms with Crippen molar-refractivity contribution in [2.75, 3.05) is 7.11 Å². The number of methoxy groups -OCH3 is 1. The van der Waals surface area contributed by atoms with Gasteiger partial charge in [-0.25, -0.2) is 4.98 Å². The minimum atomic E-state index is -0.373. The molecule has 2 aromatic heterocycles. The van der Waals surface area contributed by atoms with Crippen molar-refractivity contribution in [1.82, 2.24) is 10.3 Å². The van der Waals surface area contributed by atoms with Crippen molar-refractivity contribution in [2.24, 2.45) is 5.41 Å². The van der Waals surface area contributed by atoms with Crippen molar-refractivity contribution in [3.05, 3.63) is 46.7 Å². The number of rotatable bonds is 5. The standard InChI is InChI=1S/C20H22N2O2S2/c1-20(2,3)19(23)21-11-15-9-10-17(26-15)16-12-25-18(22-16)13-5-7-14(24-4)8-6-13/h5-10,12H,11H2,1-4H3,(H,21,23). The molecule has 26 heavy (non-hydrogen) atoms. The number of amides is 1. The number of carbonyl (C=O) groups is 1. The molecule has 1 N–H and O–H groups in total. The van der Waals surface area contributed by atoms with Gasteiger partial charge in [-0.05, 0) is 36.4 Å². The number of aromatic nitrogens is 1. The van der Waals surface area contributed by atoms with Crippen LogP contribution >= 0.6 is 22.7 Å². The van der Waals surface area contributed by atoms with Gasteiger partial charge in [0.1, 0.15) is 10.8 Å². The van der Waals surface area contributed by atoms with Crippen molar-refractivity contribution in [3.8, 4) is 26.9 Å². The predicted molar refractivity (Wildman–Crippen MR) is 109 cm³/mol. The predicted octanol–water partition coefficient (Wildman–Crippen LogP) is 5.21. The summed E-state index contributed by atoms with van der Waals surface area (Å²) in [7, 11) is 1.66. The van der Waals surface area contributed by atoms with Crippen LogP contribution in [0.4, 0.5) is 0 Å². The molecule has 3 rings (SSSR count). The van der Waals surface area contributed by atoms with E-state index in [2.05, 4.69) is 22.8 Å². The lowest BCUT2D eigenvalue weighted by molar-refractivity contribution is -0.128. The highest BCUT2D eigenvalue weighted by Gasteiger charge is 2.20. The van der Waals surface area contributed by atoms with Gasteiger partial charge in [0.25, 0.3) is 0 Å². The topological polar surface area (TPSA) is 51.2 Å². The number of thiophene rings is 1. The van der Waals surface area contributed by atoms with Gasteiger partial charge in [-0.1, -0.05) is 20.8 Å². The van der Waals surface area contributed by atoms with Gasteiger partial charge in [0.2, 0.25) is 5.91 Å². The summed E-state index contributed by atoms with van der Waals surface area (Å²) in [6, 6.07) is 12.0. The van der Waals surface area contributed by atoms with E-state index in [0.717, 1.165) is 31.8 Å². The maximum absolute atomic E-state index is 12.0. The average Bonchev–Trinajstić information content (AvgIpc) is 3.28. The summed E-state index contributed by atoms with van der Waals surface area (Å²) < 4.78 is 5.20. The molecule has 0 aliphatic heterocycles. The highest BCUT2D eigenvalue weighted by molar-refractivity contribution is 7.16. The van der Waals surface area contributed by atoms with Gasteiger partial charge in [-0.2, -0.15) is 0 Å². The Bertz CT molecular complexity index is 889. The van der Waals surface area contributed by atoms with Crippen LogP contribution in [0.5, 0.6) is 5.75 Å². The number of nitrogens with one attached hydrogen (secondary N) is 1. The van der Waals surface area contributed by atoms with Crippen molar-refractivity contribution < 1.29 is 9.53 Å². The fourth-order valence-corrected chi connectivity index (χ4v) is 4.11. The van der Waals surface area contributed by atoms with Crippen molar-refractivity contribution >= 4 is 28.6 Å². The smallest absolute Gasteiger partial charge is 0.225 e. The molecule has 0 fully saturated rings. The maximum atomic E-state index is 12.0. The summed E-state index contributed by atoms with van der Waals surface area (Å²) in [6.45, 7) is 6.30. The lowest BCUT2D eigenvalue weighted by Crippen LogP contribution is -2.34. The van der Waals surface area contributed by atoms with Crippen LogP contribution in [-0.4, -0.2) is 18.0 Å². The van der Waals surface area contributed by atoms with E-state index in [1.807, 2.05) is 45.0 Å². The molecule has 0 bridgehead atoms. The number of ether oxygens (including phenoxy) is 1. The molecular formula is C20H22N2O2S2. The van der Waals surface area contributed by atoms with Crippen LogP contribution in [0.1, 0.15) is 25.6 Å². The molecule has 136 valence electrons. The van der Waals surface area contributed by atoms with Gasteiger partial charge in [-0.15, -0.1) is 22.7 Å². The number of hydrogen-bond acceptors (Lipinski definition) is 5. The van der Waals surface area contributed by atoms with Crippen molar-refractivity contribution in [1.29, 1.82) is 0 Å². The van der Waals surface area contributed by atoms with Gasteiger partial charge < -0.3 is 10.1 Å². The molecule has 1 aromatic carbocycles. The minimum Gasteiger partial charge on any atom is -0.497 e. The molecule has 1 amide bonds. The van der Waals surface area contributed by atoms with Gasteiger partial charge >= 0.3 is 0 Å². The highest BCUT2D eigenvalue weighted by atomic mass is 32.1. The molecule has 3 aromatic rings. The quantitative estimate of drug-likeness (QED) is 0.655. The molecule has 2 heterocycles. The van der Waals surface area contributed by atoms with E-state index in [0.29, 0.717) is 6.54 Å². The Morgan fingerprint density at radius 3 is 2.54 bits per heavy atom. The third-order valence-corrected chi connectivity index (χ3v) is 5.86. The second kappa shape index (κ2) is 7.60. The summed E-state index contributed by atoms with van der Waals surface area (Å²) in [4.78, 5) is 19.0. The average molecular weight is 387 g/mol. The van der Waals surface area contributed by atoms with E-state index >= 15 is 0 Å². The molecule has 0 spiro atoms. The summed E-state index contributed by atoms with van der Waals surface area (Å²) in [5, 5.41) is 6.04. The Labute approximate surface area is 161 Å². The van der Waals surface area contributed by atoms with Crippen LogP contribution in [0.25, 0.3) is 21.1 Å². The molecule has 6 heteroatoms. The van der Waals surface area contributed by atoms with Gasteiger partial charge in [-0.3, -0.25) is 4.79 Å². The van der Waals surface area contributed by atoms with E-state index in [1.165, 1.54) is 0 Å². The van der Waals surface area contributed by atoms with Crippen LogP contribution in [-0.2, 0) is 11.3 Å². The zero-order valence-corrected chi connectivity index (χ0v) is 17.0. The first-order chi connectivity index (χ1) is 12.4. The van der Waals surface area contributed by atoms with Gasteiger partial charge in [0.05, 0.1) is 24.2 Å². The lowest BCUT2D eigenvalue weighted by atomic mass is 9.96. The van der Waals surface area contributed by atoms with Gasteiger partial charge in [0.15, 0.2) is 0 Å². The van der Waals surface area contributed by atoms with E-state index in [4.69, 9.17) is 9.72 Å². The fourth-order valence-electron chi connectivity index (χ4n) is 2.30. The van der Waals surface area contributed by atoms with Crippen LogP contribution < -0.4 is 10.1 Å². The minimum absolute atomic E-state index is 0.0582. The molecule has 0 radical (unpaired) electrons. The van der Waals surface area contributed by atoms with Crippen LogP contribution in [0.3, 0.4) is 0 Å². The summed E-state index contributed by atoms with van der Waals surface area (Å²) in [6.07, 6.45) is 0. The molecule has 0 aliphatic carbocycles. The zero-order valence-electron chi connectivity index (χ0n) is 15.3. The first kappa shape index (κ1) is 18.6. The van der Waals surface area contributed by atoms with E-state index in [-0.39, 0.29) is 11.3 Å². The second-order valence-electron chi connectivity index (χ2n) is 6.97. The van der Waals surface area contributed by atoms with Crippen LogP contribution in [0, 0.1) is 5.41 Å². The normalized spacial score (nSPS) is 11.4. The Kier molecular flexibility index (Phi) is 5.44. The Balaban J connectivity index is 1.70. The molecule has 0 aliphatic rings. The monoisotopic (exact) mass is 386 g/mol. The second-order valence-corrected chi connectivity index (χ2v) is 8.99. The van der Waals surface area contributed by atoms with E-state index in [1.54, 1.807) is 29.8 Å². The first-order valence-electron chi connectivity index (χ1n) is 8.34. The van der Waals surface area contributed by atoms with Crippen molar-refractivity contribution in [3.63, 3.8) is 0 Å². The Hall–Kier alpha value is -2.18. The fraction of sp³-hybridized carbons (Fsp3) is 0.300. The van der Waals surface area contributed by atoms with Crippen LogP contribution in [0.15, 0.2) is 41.8 Å². The van der Waals surface area contributed by atoms with E-state index < -0.39 is 0 Å². The lowest BCUT2D eigenvalue weighted by Gasteiger charge is -2.17. The number of nitrogens with zero attached hydrogens (tertiary/aromatic N) is 1. The Morgan fingerprint density at radius 2 is 1.88 bits per heavy atom. The largest absolute Gasteiger partial charge is 0.497 e. The number of hydrogen-bond donors (Lipinski definition) is 1. The molecule has 0 saturated carbocycles. The maximum Gasteiger partial charge on any atom is 0.225 e. The van der Waals surface area contributed by atoms with E-state index in [9.17, 15) is 4.79 Å². The third-order valence-electron chi connectivity index (χ3n) is 3.86. The summed E-state index contributed by atoms with van der Waals surface area (Å²) in [5.41, 5.74) is 1.68. The molecule has 0 saturated heterocycles. The summed E-state index contributed by atoms with van der Waals surface area (Å²) in [5.74, 6) is 0.897. The number of carbonyl (C=O) groups excluding carboxylic acids is 1. The number of benzene rings is 1. The molecule has 0 unspecified atom stereocenters. The molecule has 0 atom stereocenters. The SMILES string of the molecule is COc1ccc(-c2nc(-c3ccc(CNC(=O)C(C)(C)C)s3)cs2)cc1.